The van der Waals surface area contributed by atoms with E-state index in [1.54, 1.807) is 4.90 Å². The largest absolute Gasteiger partial charge is 0.501 e. The van der Waals surface area contributed by atoms with Gasteiger partial charge >= 0.3 is 0 Å². The summed E-state index contributed by atoms with van der Waals surface area (Å²) in [5.74, 6) is -1.72. The summed E-state index contributed by atoms with van der Waals surface area (Å²) in [5, 5.41) is 12.9. The van der Waals surface area contributed by atoms with Crippen molar-refractivity contribution in [1.82, 2.24) is 24.7 Å². The van der Waals surface area contributed by atoms with Gasteiger partial charge in [0.25, 0.3) is 11.5 Å². The van der Waals surface area contributed by atoms with Crippen LogP contribution in [-0.4, -0.2) is 63.0 Å². The van der Waals surface area contributed by atoms with Gasteiger partial charge < -0.3 is 15.3 Å². The van der Waals surface area contributed by atoms with E-state index in [0.717, 1.165) is 0 Å². The van der Waals surface area contributed by atoms with E-state index >= 15 is 0 Å². The summed E-state index contributed by atoms with van der Waals surface area (Å²) in [6, 6.07) is 5.58. The molecule has 2 heterocycles. The fourth-order valence-electron chi connectivity index (χ4n) is 3.70. The first-order valence-electron chi connectivity index (χ1n) is 9.84. The van der Waals surface area contributed by atoms with Crippen molar-refractivity contribution in [2.24, 2.45) is 7.05 Å². The number of benzene rings is 1. The number of halogens is 1. The highest BCUT2D eigenvalue weighted by molar-refractivity contribution is 5.94. The number of rotatable bonds is 4. The van der Waals surface area contributed by atoms with Crippen LogP contribution in [0.5, 0.6) is 5.75 Å². The van der Waals surface area contributed by atoms with E-state index in [0.29, 0.717) is 18.7 Å². The smallest absolute Gasteiger partial charge is 0.296 e. The molecule has 1 aromatic heterocycles. The number of nitrogens with zero attached hydrogens (tertiary/aromatic N) is 4. The van der Waals surface area contributed by atoms with Crippen molar-refractivity contribution in [1.29, 1.82) is 0 Å². The zero-order valence-electron chi connectivity index (χ0n) is 18.0. The second-order valence-corrected chi connectivity index (χ2v) is 7.94. The minimum Gasteiger partial charge on any atom is -0.501 e. The van der Waals surface area contributed by atoms with E-state index in [1.807, 2.05) is 18.9 Å². The molecule has 1 atom stereocenters. The molecular weight excluding hydrogens is 405 g/mol. The molecule has 1 fully saturated rings. The maximum absolute atomic E-state index is 13.1. The Morgan fingerprint density at radius 1 is 1.23 bits per heavy atom. The topological polar surface area (TPSA) is 108 Å². The maximum Gasteiger partial charge on any atom is 0.296 e. The van der Waals surface area contributed by atoms with Gasteiger partial charge in [-0.2, -0.15) is 0 Å². The fraction of sp³-hybridized carbons (Fsp3) is 0.429. The number of amides is 2. The van der Waals surface area contributed by atoms with Crippen LogP contribution in [0.2, 0.25) is 0 Å². The Morgan fingerprint density at radius 2 is 1.87 bits per heavy atom. The molecule has 10 heteroatoms. The van der Waals surface area contributed by atoms with Crippen molar-refractivity contribution in [2.75, 3.05) is 26.7 Å². The van der Waals surface area contributed by atoms with Gasteiger partial charge in [-0.05, 0) is 31.7 Å². The van der Waals surface area contributed by atoms with E-state index in [9.17, 15) is 23.9 Å². The van der Waals surface area contributed by atoms with Gasteiger partial charge in [-0.15, -0.1) is 0 Å². The molecule has 0 saturated carbocycles. The number of aromatic nitrogens is 2. The van der Waals surface area contributed by atoms with Crippen molar-refractivity contribution >= 4 is 11.8 Å². The second-order valence-electron chi connectivity index (χ2n) is 7.94. The monoisotopic (exact) mass is 431 g/mol. The number of hydrogen-bond donors (Lipinski definition) is 2. The molecule has 0 spiro atoms. The molecule has 31 heavy (non-hydrogen) atoms. The SMILES string of the molecule is CC(=O)N1CCN(C)C(C)(c2nc(C(=O)NCc3ccc(F)cc3)c(O)c(=O)n2C)C1. The summed E-state index contributed by atoms with van der Waals surface area (Å²) in [7, 11) is 3.32. The first-order valence-corrected chi connectivity index (χ1v) is 9.84. The third-order valence-corrected chi connectivity index (χ3v) is 5.82. The Bertz CT molecular complexity index is 1070. The van der Waals surface area contributed by atoms with Crippen LogP contribution >= 0.6 is 0 Å². The lowest BCUT2D eigenvalue weighted by Crippen LogP contribution is -2.60. The summed E-state index contributed by atoms with van der Waals surface area (Å²) < 4.78 is 14.3. The summed E-state index contributed by atoms with van der Waals surface area (Å²) in [5.41, 5.74) is -1.35. The van der Waals surface area contributed by atoms with Gasteiger partial charge in [0.1, 0.15) is 11.6 Å². The van der Waals surface area contributed by atoms with E-state index in [1.165, 1.54) is 42.8 Å². The Morgan fingerprint density at radius 3 is 2.48 bits per heavy atom. The average Bonchev–Trinajstić information content (AvgIpc) is 2.73. The lowest BCUT2D eigenvalue weighted by atomic mass is 9.94. The molecule has 1 unspecified atom stereocenters. The van der Waals surface area contributed by atoms with Crippen LogP contribution in [0.1, 0.15) is 35.7 Å². The molecule has 2 N–H and O–H groups in total. The summed E-state index contributed by atoms with van der Waals surface area (Å²) >= 11 is 0. The van der Waals surface area contributed by atoms with Crippen molar-refractivity contribution < 1.29 is 19.1 Å². The van der Waals surface area contributed by atoms with Crippen LogP contribution < -0.4 is 10.9 Å². The van der Waals surface area contributed by atoms with Gasteiger partial charge in [-0.1, -0.05) is 12.1 Å². The summed E-state index contributed by atoms with van der Waals surface area (Å²) in [6.07, 6.45) is 0. The fourth-order valence-corrected chi connectivity index (χ4v) is 3.70. The van der Waals surface area contributed by atoms with Crippen molar-refractivity contribution in [3.8, 4) is 5.75 Å². The van der Waals surface area contributed by atoms with E-state index in [4.69, 9.17) is 0 Å². The molecule has 9 nitrogen and oxygen atoms in total. The van der Waals surface area contributed by atoms with Gasteiger partial charge in [0.2, 0.25) is 11.7 Å². The maximum atomic E-state index is 13.1. The molecule has 2 amide bonds. The standard InChI is InChI=1S/C21H26FN5O4/c1-13(28)27-10-9-25(3)21(2,12-27)20-24-16(17(29)19(31)26(20)4)18(30)23-11-14-5-7-15(22)8-6-14/h5-8,29H,9-12H2,1-4H3,(H,23,30). The third-order valence-electron chi connectivity index (χ3n) is 5.82. The normalized spacial score (nSPS) is 19.3. The zero-order valence-corrected chi connectivity index (χ0v) is 18.0. The molecule has 0 aliphatic carbocycles. The lowest BCUT2D eigenvalue weighted by molar-refractivity contribution is -0.134. The number of nitrogens with one attached hydrogen (secondary N) is 1. The Balaban J connectivity index is 1.96. The Labute approximate surface area is 179 Å². The molecule has 0 bridgehead atoms. The third kappa shape index (κ3) is 4.29. The highest BCUT2D eigenvalue weighted by atomic mass is 19.1. The van der Waals surface area contributed by atoms with E-state index in [-0.39, 0.29) is 24.8 Å². The predicted molar refractivity (Wildman–Crippen MR) is 111 cm³/mol. The average molecular weight is 431 g/mol. The van der Waals surface area contributed by atoms with Gasteiger partial charge in [0.15, 0.2) is 5.69 Å². The number of carbonyl (C=O) groups excluding carboxylic acids is 2. The minimum atomic E-state index is -0.850. The number of piperazine rings is 1. The Kier molecular flexibility index (Phi) is 6.12. The van der Waals surface area contributed by atoms with E-state index < -0.39 is 34.3 Å². The van der Waals surface area contributed by atoms with Crippen LogP contribution in [0.4, 0.5) is 4.39 Å². The van der Waals surface area contributed by atoms with Crippen LogP contribution in [0.3, 0.4) is 0 Å². The lowest BCUT2D eigenvalue weighted by Gasteiger charge is -2.46. The zero-order chi connectivity index (χ0) is 22.9. The minimum absolute atomic E-state index is 0.0695. The van der Waals surface area contributed by atoms with Crippen LogP contribution in [0.15, 0.2) is 29.1 Å². The van der Waals surface area contributed by atoms with Crippen LogP contribution in [-0.2, 0) is 23.9 Å². The molecule has 166 valence electrons. The van der Waals surface area contributed by atoms with Crippen molar-refractivity contribution in [3.05, 3.63) is 57.5 Å². The highest BCUT2D eigenvalue weighted by Gasteiger charge is 2.42. The van der Waals surface area contributed by atoms with Crippen molar-refractivity contribution in [3.63, 3.8) is 0 Å². The molecule has 0 radical (unpaired) electrons. The van der Waals surface area contributed by atoms with Crippen LogP contribution in [0.25, 0.3) is 0 Å². The number of carbonyl (C=O) groups is 2. The Hall–Kier alpha value is -3.27. The summed E-state index contributed by atoms with van der Waals surface area (Å²) in [4.78, 5) is 45.3. The molecule has 1 aliphatic rings. The summed E-state index contributed by atoms with van der Waals surface area (Å²) in [6.45, 7) is 4.75. The van der Waals surface area contributed by atoms with Gasteiger partial charge in [-0.3, -0.25) is 23.9 Å². The van der Waals surface area contributed by atoms with Crippen molar-refractivity contribution in [2.45, 2.75) is 25.9 Å². The first-order chi connectivity index (χ1) is 14.5. The molecule has 2 aromatic rings. The molecule has 3 rings (SSSR count). The first kappa shape index (κ1) is 22.4. The van der Waals surface area contributed by atoms with Gasteiger partial charge in [0.05, 0.1) is 5.54 Å². The molecule has 1 aromatic carbocycles. The number of aromatic hydroxyl groups is 1. The van der Waals surface area contributed by atoms with E-state index in [2.05, 4.69) is 10.3 Å². The molecule has 1 saturated heterocycles. The highest BCUT2D eigenvalue weighted by Crippen LogP contribution is 2.30. The quantitative estimate of drug-likeness (QED) is 0.733. The number of likely N-dealkylation sites (N-methyl/N-ethyl adjacent to an activating group) is 1. The van der Waals surface area contributed by atoms with Gasteiger partial charge in [-0.25, -0.2) is 9.37 Å². The second kappa shape index (κ2) is 8.46. The van der Waals surface area contributed by atoms with Crippen LogP contribution in [0, 0.1) is 5.82 Å². The van der Waals surface area contributed by atoms with Gasteiger partial charge in [0, 0.05) is 40.2 Å². The molecule has 1 aliphatic heterocycles. The predicted octanol–water partition coefficient (Wildman–Crippen LogP) is 0.564. The number of hydrogen-bond acceptors (Lipinski definition) is 6. The molecular formula is C21H26FN5O4.